The summed E-state index contributed by atoms with van der Waals surface area (Å²) in [5.41, 5.74) is 9.34. The molecule has 0 aliphatic carbocycles. The quantitative estimate of drug-likeness (QED) is 0.863. The number of halogens is 2. The van der Waals surface area contributed by atoms with Crippen molar-refractivity contribution < 1.29 is 9.47 Å². The Morgan fingerprint density at radius 2 is 1.81 bits per heavy atom. The smallest absolute Gasteiger partial charge is 0.146 e. The first-order valence-corrected chi connectivity index (χ1v) is 7.59. The van der Waals surface area contributed by atoms with Crippen LogP contribution in [-0.2, 0) is 0 Å². The predicted molar refractivity (Wildman–Crippen MR) is 89.5 cm³/mol. The highest BCUT2D eigenvalue weighted by molar-refractivity contribution is 9.10. The van der Waals surface area contributed by atoms with Crippen molar-refractivity contribution in [3.8, 4) is 11.5 Å². The zero-order valence-electron chi connectivity index (χ0n) is 12.1. The van der Waals surface area contributed by atoms with E-state index in [0.717, 1.165) is 21.2 Å². The summed E-state index contributed by atoms with van der Waals surface area (Å²) in [7, 11) is 3.14. The minimum atomic E-state index is -0.349. The first kappa shape index (κ1) is 16.1. The Hall–Kier alpha value is -1.23. The van der Waals surface area contributed by atoms with Crippen LogP contribution in [0.2, 0.25) is 5.02 Å². The van der Waals surface area contributed by atoms with Crippen LogP contribution < -0.4 is 15.2 Å². The van der Waals surface area contributed by atoms with Gasteiger partial charge in [-0.2, -0.15) is 0 Å². The summed E-state index contributed by atoms with van der Waals surface area (Å²) >= 11 is 9.89. The van der Waals surface area contributed by atoms with Crippen molar-refractivity contribution in [2.24, 2.45) is 5.73 Å². The van der Waals surface area contributed by atoms with Crippen LogP contribution in [0.1, 0.15) is 22.7 Å². The van der Waals surface area contributed by atoms with E-state index >= 15 is 0 Å². The van der Waals surface area contributed by atoms with E-state index in [-0.39, 0.29) is 6.04 Å². The molecule has 0 bridgehead atoms. The zero-order valence-corrected chi connectivity index (χ0v) is 14.5. The maximum absolute atomic E-state index is 6.41. The largest absolute Gasteiger partial charge is 0.495 e. The maximum Gasteiger partial charge on any atom is 0.146 e. The summed E-state index contributed by atoms with van der Waals surface area (Å²) in [6.45, 7) is 2.03. The molecule has 1 atom stereocenters. The molecule has 2 rings (SSSR count). The molecule has 0 saturated carbocycles. The van der Waals surface area contributed by atoms with Gasteiger partial charge in [-0.1, -0.05) is 45.7 Å². The fourth-order valence-corrected chi connectivity index (χ4v) is 3.08. The number of methoxy groups -OCH3 is 2. The summed E-state index contributed by atoms with van der Waals surface area (Å²) < 4.78 is 11.6. The number of rotatable bonds is 4. The number of benzene rings is 2. The molecule has 2 aromatic rings. The van der Waals surface area contributed by atoms with Crippen molar-refractivity contribution in [1.29, 1.82) is 0 Å². The van der Waals surface area contributed by atoms with Crippen molar-refractivity contribution in [2.75, 3.05) is 14.2 Å². The van der Waals surface area contributed by atoms with E-state index in [1.54, 1.807) is 20.3 Å². The molecule has 21 heavy (non-hydrogen) atoms. The molecule has 3 nitrogen and oxygen atoms in total. The van der Waals surface area contributed by atoms with E-state index in [1.807, 2.05) is 31.2 Å². The molecule has 0 spiro atoms. The van der Waals surface area contributed by atoms with Gasteiger partial charge in [0.05, 0.1) is 20.3 Å². The van der Waals surface area contributed by atoms with E-state index < -0.39 is 0 Å². The van der Waals surface area contributed by atoms with Crippen molar-refractivity contribution in [3.63, 3.8) is 0 Å². The van der Waals surface area contributed by atoms with E-state index in [9.17, 15) is 0 Å². The minimum Gasteiger partial charge on any atom is -0.495 e. The Balaban J connectivity index is 2.56. The number of hydrogen-bond donors (Lipinski definition) is 1. The molecule has 112 valence electrons. The maximum atomic E-state index is 6.41. The fraction of sp³-hybridized carbons (Fsp3) is 0.250. The SMILES string of the molecule is COc1ccc(C(N)c2cccc(C)c2Br)c(OC)c1Cl. The lowest BCUT2D eigenvalue weighted by Crippen LogP contribution is -2.14. The van der Waals surface area contributed by atoms with Gasteiger partial charge in [0.2, 0.25) is 0 Å². The first-order valence-electron chi connectivity index (χ1n) is 6.42. The molecule has 0 amide bonds. The van der Waals surface area contributed by atoms with Crippen molar-refractivity contribution in [3.05, 3.63) is 56.5 Å². The Morgan fingerprint density at radius 3 is 2.43 bits per heavy atom. The van der Waals surface area contributed by atoms with E-state index in [0.29, 0.717) is 16.5 Å². The van der Waals surface area contributed by atoms with Gasteiger partial charge in [-0.25, -0.2) is 0 Å². The van der Waals surface area contributed by atoms with E-state index in [1.165, 1.54) is 0 Å². The highest BCUT2D eigenvalue weighted by Gasteiger charge is 2.21. The molecular formula is C16H17BrClNO2. The standard InChI is InChI=1S/C16H17BrClNO2/c1-9-5-4-6-10(13(9)17)15(19)11-7-8-12(20-2)14(18)16(11)21-3/h4-8,15H,19H2,1-3H3. The van der Waals surface area contributed by atoms with Gasteiger partial charge in [-0.15, -0.1) is 0 Å². The summed E-state index contributed by atoms with van der Waals surface area (Å²) in [5.74, 6) is 1.10. The Labute approximate surface area is 138 Å². The Morgan fingerprint density at radius 1 is 1.10 bits per heavy atom. The lowest BCUT2D eigenvalue weighted by atomic mass is 9.97. The third-order valence-corrected chi connectivity index (χ3v) is 4.85. The molecule has 0 radical (unpaired) electrons. The van der Waals surface area contributed by atoms with Gasteiger partial charge >= 0.3 is 0 Å². The fourth-order valence-electron chi connectivity index (χ4n) is 2.24. The molecule has 0 aliphatic heterocycles. The molecule has 1 unspecified atom stereocenters. The number of hydrogen-bond acceptors (Lipinski definition) is 3. The van der Waals surface area contributed by atoms with E-state index in [2.05, 4.69) is 15.9 Å². The van der Waals surface area contributed by atoms with Crippen LogP contribution in [0, 0.1) is 6.92 Å². The second kappa shape index (κ2) is 6.69. The summed E-state index contributed by atoms with van der Waals surface area (Å²) in [6, 6.07) is 9.31. The summed E-state index contributed by atoms with van der Waals surface area (Å²) in [5, 5.41) is 0.428. The van der Waals surface area contributed by atoms with Crippen molar-refractivity contribution >= 4 is 27.5 Å². The third-order valence-electron chi connectivity index (χ3n) is 3.41. The van der Waals surface area contributed by atoms with Gasteiger partial charge in [-0.3, -0.25) is 0 Å². The van der Waals surface area contributed by atoms with Crippen LogP contribution >= 0.6 is 27.5 Å². The third kappa shape index (κ3) is 3.03. The molecule has 0 fully saturated rings. The molecular weight excluding hydrogens is 354 g/mol. The van der Waals surface area contributed by atoms with Gasteiger partial charge in [0.1, 0.15) is 16.5 Å². The minimum absolute atomic E-state index is 0.349. The van der Waals surface area contributed by atoms with Crippen LogP contribution in [-0.4, -0.2) is 14.2 Å². The lowest BCUT2D eigenvalue weighted by molar-refractivity contribution is 0.390. The van der Waals surface area contributed by atoms with Crippen LogP contribution in [0.4, 0.5) is 0 Å². The van der Waals surface area contributed by atoms with E-state index in [4.69, 9.17) is 26.8 Å². The molecule has 0 aliphatic rings. The normalized spacial score (nSPS) is 12.1. The first-order chi connectivity index (χ1) is 10.0. The molecule has 5 heteroatoms. The second-order valence-corrected chi connectivity index (χ2v) is 5.83. The average molecular weight is 371 g/mol. The van der Waals surface area contributed by atoms with Gasteiger partial charge in [0.25, 0.3) is 0 Å². The predicted octanol–water partition coefficient (Wildman–Crippen LogP) is 4.48. The lowest BCUT2D eigenvalue weighted by Gasteiger charge is -2.20. The number of nitrogens with two attached hydrogens (primary N) is 1. The monoisotopic (exact) mass is 369 g/mol. The second-order valence-electron chi connectivity index (χ2n) is 4.66. The Kier molecular flexibility index (Phi) is 5.14. The number of aryl methyl sites for hydroxylation is 1. The Bertz CT molecular complexity index is 661. The topological polar surface area (TPSA) is 44.5 Å². The molecule has 2 N–H and O–H groups in total. The molecule has 0 aromatic heterocycles. The van der Waals surface area contributed by atoms with Crippen LogP contribution in [0.15, 0.2) is 34.8 Å². The summed E-state index contributed by atoms with van der Waals surface area (Å²) in [6.07, 6.45) is 0. The van der Waals surface area contributed by atoms with Crippen LogP contribution in [0.25, 0.3) is 0 Å². The highest BCUT2D eigenvalue weighted by atomic mass is 79.9. The van der Waals surface area contributed by atoms with Crippen LogP contribution in [0.5, 0.6) is 11.5 Å². The van der Waals surface area contributed by atoms with Gasteiger partial charge in [0, 0.05) is 10.0 Å². The van der Waals surface area contributed by atoms with Crippen molar-refractivity contribution in [2.45, 2.75) is 13.0 Å². The molecule has 2 aromatic carbocycles. The highest BCUT2D eigenvalue weighted by Crippen LogP contribution is 2.41. The molecule has 0 saturated heterocycles. The van der Waals surface area contributed by atoms with Crippen molar-refractivity contribution in [1.82, 2.24) is 0 Å². The van der Waals surface area contributed by atoms with Gasteiger partial charge < -0.3 is 15.2 Å². The van der Waals surface area contributed by atoms with Gasteiger partial charge in [-0.05, 0) is 30.2 Å². The summed E-state index contributed by atoms with van der Waals surface area (Å²) in [4.78, 5) is 0. The van der Waals surface area contributed by atoms with Gasteiger partial charge in [0.15, 0.2) is 0 Å². The average Bonchev–Trinajstić information content (AvgIpc) is 2.49. The molecule has 0 heterocycles. The number of ether oxygens (including phenoxy) is 2. The zero-order chi connectivity index (χ0) is 15.6. The van der Waals surface area contributed by atoms with Crippen LogP contribution in [0.3, 0.4) is 0 Å².